The van der Waals surface area contributed by atoms with Gasteiger partial charge >= 0.3 is 0 Å². The van der Waals surface area contributed by atoms with Crippen LogP contribution >= 0.6 is 11.6 Å². The molecule has 2 aromatic rings. The average Bonchev–Trinajstić information content (AvgIpc) is 2.54. The van der Waals surface area contributed by atoms with Gasteiger partial charge in [-0.15, -0.1) is 0 Å². The molecule has 1 aliphatic rings. The summed E-state index contributed by atoms with van der Waals surface area (Å²) in [6, 6.07) is 12.2. The summed E-state index contributed by atoms with van der Waals surface area (Å²) in [7, 11) is 0. The van der Waals surface area contributed by atoms with Crippen LogP contribution in [0.3, 0.4) is 0 Å². The zero-order valence-electron chi connectivity index (χ0n) is 8.13. The Morgan fingerprint density at radius 1 is 1.07 bits per heavy atom. The zero-order chi connectivity index (χ0) is 10.4. The van der Waals surface area contributed by atoms with Crippen LogP contribution in [-0.4, -0.2) is 0 Å². The van der Waals surface area contributed by atoms with Gasteiger partial charge in [-0.05, 0) is 35.2 Å². The minimum atomic E-state index is 0.742. The normalized spacial score (nSPS) is 12.3. The van der Waals surface area contributed by atoms with Gasteiger partial charge in [-0.1, -0.05) is 35.9 Å². The molecular weight excluding hydrogens is 206 g/mol. The molecule has 0 aliphatic heterocycles. The molecule has 1 nitrogen and oxygen atoms in total. The molecule has 2 aromatic carbocycles. The molecule has 0 bridgehead atoms. The van der Waals surface area contributed by atoms with Gasteiger partial charge in [-0.2, -0.15) is 0 Å². The number of anilines is 1. The van der Waals surface area contributed by atoms with Crippen molar-refractivity contribution < 1.29 is 0 Å². The van der Waals surface area contributed by atoms with Gasteiger partial charge < -0.3 is 5.73 Å². The van der Waals surface area contributed by atoms with Gasteiger partial charge in [0.1, 0.15) is 0 Å². The summed E-state index contributed by atoms with van der Waals surface area (Å²) in [6.45, 7) is 0. The minimum absolute atomic E-state index is 0.742. The quantitative estimate of drug-likeness (QED) is 0.571. The van der Waals surface area contributed by atoms with E-state index in [4.69, 9.17) is 17.3 Å². The van der Waals surface area contributed by atoms with E-state index in [1.54, 1.807) is 0 Å². The molecule has 1 aliphatic carbocycles. The van der Waals surface area contributed by atoms with Gasteiger partial charge in [-0.25, -0.2) is 0 Å². The molecule has 0 atom stereocenters. The summed E-state index contributed by atoms with van der Waals surface area (Å²) >= 11 is 6.22. The van der Waals surface area contributed by atoms with Crippen LogP contribution in [0.15, 0.2) is 36.4 Å². The first-order chi connectivity index (χ1) is 7.25. The molecule has 2 heteroatoms. The maximum atomic E-state index is 6.22. The van der Waals surface area contributed by atoms with Gasteiger partial charge in [0.25, 0.3) is 0 Å². The fraction of sp³-hybridized carbons (Fsp3) is 0.0769. The van der Waals surface area contributed by atoms with E-state index in [2.05, 4.69) is 18.2 Å². The van der Waals surface area contributed by atoms with E-state index >= 15 is 0 Å². The molecule has 3 rings (SSSR count). The van der Waals surface area contributed by atoms with Gasteiger partial charge in [0.15, 0.2) is 0 Å². The second-order valence-electron chi connectivity index (χ2n) is 3.87. The predicted molar refractivity (Wildman–Crippen MR) is 64.1 cm³/mol. The number of nitrogens with two attached hydrogens (primary N) is 1. The smallest absolute Gasteiger partial charge is 0.0507 e. The first kappa shape index (κ1) is 8.81. The highest BCUT2D eigenvalue weighted by molar-refractivity contribution is 6.34. The largest absolute Gasteiger partial charge is 0.399 e. The minimum Gasteiger partial charge on any atom is -0.399 e. The molecule has 0 amide bonds. The third-order valence-corrected chi connectivity index (χ3v) is 3.16. The number of fused-ring (bicyclic) bond motifs is 3. The summed E-state index contributed by atoms with van der Waals surface area (Å²) in [4.78, 5) is 0. The van der Waals surface area contributed by atoms with E-state index in [-0.39, 0.29) is 0 Å². The Balaban J connectivity index is 2.33. The van der Waals surface area contributed by atoms with Crippen molar-refractivity contribution in [3.63, 3.8) is 0 Å². The van der Waals surface area contributed by atoms with Gasteiger partial charge in [0.2, 0.25) is 0 Å². The van der Waals surface area contributed by atoms with Gasteiger partial charge in [-0.3, -0.25) is 0 Å². The summed E-state index contributed by atoms with van der Waals surface area (Å²) < 4.78 is 0. The van der Waals surface area contributed by atoms with Crippen molar-refractivity contribution in [3.8, 4) is 11.1 Å². The molecular formula is C13H10ClN. The molecule has 0 aromatic heterocycles. The molecule has 15 heavy (non-hydrogen) atoms. The van der Waals surface area contributed by atoms with Crippen molar-refractivity contribution in [1.82, 2.24) is 0 Å². The van der Waals surface area contributed by atoms with Crippen molar-refractivity contribution in [2.45, 2.75) is 6.42 Å². The highest BCUT2D eigenvalue weighted by atomic mass is 35.5. The molecule has 0 spiro atoms. The summed E-state index contributed by atoms with van der Waals surface area (Å²) in [5, 5.41) is 0.759. The second-order valence-corrected chi connectivity index (χ2v) is 4.28. The van der Waals surface area contributed by atoms with Crippen molar-refractivity contribution in [2.75, 3.05) is 5.73 Å². The van der Waals surface area contributed by atoms with Crippen LogP contribution in [0.5, 0.6) is 0 Å². The fourth-order valence-electron chi connectivity index (χ4n) is 2.25. The highest BCUT2D eigenvalue weighted by Gasteiger charge is 2.20. The van der Waals surface area contributed by atoms with Crippen molar-refractivity contribution in [2.24, 2.45) is 0 Å². The second kappa shape index (κ2) is 3.01. The zero-order valence-corrected chi connectivity index (χ0v) is 8.88. The Morgan fingerprint density at radius 2 is 1.87 bits per heavy atom. The third kappa shape index (κ3) is 1.24. The Labute approximate surface area is 93.5 Å². The molecule has 74 valence electrons. The lowest BCUT2D eigenvalue weighted by Gasteiger charge is -2.04. The number of rotatable bonds is 0. The van der Waals surface area contributed by atoms with Crippen LogP contribution < -0.4 is 5.73 Å². The Bertz CT molecular complexity index is 546. The number of hydrogen-bond donors (Lipinski definition) is 1. The summed E-state index contributed by atoms with van der Waals surface area (Å²) in [6.07, 6.45) is 0.941. The average molecular weight is 216 g/mol. The van der Waals surface area contributed by atoms with Crippen molar-refractivity contribution in [3.05, 3.63) is 52.5 Å². The first-order valence-corrected chi connectivity index (χ1v) is 5.29. The topological polar surface area (TPSA) is 26.0 Å². The van der Waals surface area contributed by atoms with Crippen LogP contribution in [-0.2, 0) is 6.42 Å². The summed E-state index contributed by atoms with van der Waals surface area (Å²) in [5.74, 6) is 0. The number of hydrogen-bond acceptors (Lipinski definition) is 1. The van der Waals surface area contributed by atoms with Crippen LogP contribution in [0.4, 0.5) is 5.69 Å². The molecule has 0 saturated carbocycles. The van der Waals surface area contributed by atoms with Crippen LogP contribution in [0.1, 0.15) is 11.1 Å². The van der Waals surface area contributed by atoms with Crippen LogP contribution in [0.25, 0.3) is 11.1 Å². The van der Waals surface area contributed by atoms with E-state index in [9.17, 15) is 0 Å². The number of nitrogen functional groups attached to an aromatic ring is 1. The van der Waals surface area contributed by atoms with Crippen LogP contribution in [0, 0.1) is 0 Å². The Hall–Kier alpha value is -1.47. The fourth-order valence-corrected chi connectivity index (χ4v) is 2.60. The van der Waals surface area contributed by atoms with Crippen molar-refractivity contribution >= 4 is 17.3 Å². The van der Waals surface area contributed by atoms with E-state index in [0.717, 1.165) is 22.7 Å². The molecule has 2 N–H and O–H groups in total. The van der Waals surface area contributed by atoms with E-state index < -0.39 is 0 Å². The number of halogens is 1. The molecule has 0 unspecified atom stereocenters. The van der Waals surface area contributed by atoms with E-state index in [0.29, 0.717) is 0 Å². The van der Waals surface area contributed by atoms with Crippen LogP contribution in [0.2, 0.25) is 5.02 Å². The maximum Gasteiger partial charge on any atom is 0.0507 e. The summed E-state index contributed by atoms with van der Waals surface area (Å²) in [5.41, 5.74) is 11.5. The lowest BCUT2D eigenvalue weighted by Crippen LogP contribution is -1.88. The molecule has 0 fully saturated rings. The number of benzene rings is 2. The Morgan fingerprint density at radius 3 is 2.73 bits per heavy atom. The Kier molecular flexibility index (Phi) is 1.77. The standard InChI is InChI=1S/C13H10ClN/c14-12-7-10(15)6-9-5-8-3-1-2-4-11(8)13(9)12/h1-4,6-7H,5,15H2. The van der Waals surface area contributed by atoms with Crippen molar-refractivity contribution in [1.29, 1.82) is 0 Å². The van der Waals surface area contributed by atoms with E-state index in [1.807, 2.05) is 18.2 Å². The van der Waals surface area contributed by atoms with E-state index in [1.165, 1.54) is 16.7 Å². The maximum absolute atomic E-state index is 6.22. The van der Waals surface area contributed by atoms with Gasteiger partial charge in [0.05, 0.1) is 5.02 Å². The lowest BCUT2D eigenvalue weighted by molar-refractivity contribution is 1.26. The third-order valence-electron chi connectivity index (χ3n) is 2.86. The monoisotopic (exact) mass is 215 g/mol. The first-order valence-electron chi connectivity index (χ1n) is 4.92. The molecule has 0 heterocycles. The highest BCUT2D eigenvalue weighted by Crippen LogP contribution is 2.41. The molecule has 0 radical (unpaired) electrons. The van der Waals surface area contributed by atoms with Gasteiger partial charge in [0, 0.05) is 11.3 Å². The SMILES string of the molecule is Nc1cc(Cl)c2c(c1)Cc1ccccc1-2. The predicted octanol–water partition coefficient (Wildman–Crippen LogP) is 3.49. The lowest BCUT2D eigenvalue weighted by atomic mass is 10.1. The molecule has 0 saturated heterocycles.